The van der Waals surface area contributed by atoms with Crippen LogP contribution in [0.15, 0.2) is 18.5 Å². The van der Waals surface area contributed by atoms with Gasteiger partial charge in [-0.25, -0.2) is 9.97 Å². The molecule has 2 rings (SSSR count). The van der Waals surface area contributed by atoms with Crippen molar-refractivity contribution in [2.24, 2.45) is 5.92 Å². The van der Waals surface area contributed by atoms with E-state index in [0.29, 0.717) is 17.6 Å². The van der Waals surface area contributed by atoms with E-state index >= 15 is 0 Å². The lowest BCUT2D eigenvalue weighted by molar-refractivity contribution is -0.124. The van der Waals surface area contributed by atoms with Crippen LogP contribution in [-0.2, 0) is 4.79 Å². The van der Waals surface area contributed by atoms with Gasteiger partial charge in [0, 0.05) is 30.7 Å². The molecule has 18 heavy (non-hydrogen) atoms. The summed E-state index contributed by atoms with van der Waals surface area (Å²) >= 11 is 0. The first-order valence-corrected chi connectivity index (χ1v) is 7.11. The van der Waals surface area contributed by atoms with Crippen molar-refractivity contribution in [2.75, 3.05) is 0 Å². The predicted molar refractivity (Wildman–Crippen MR) is 71.3 cm³/mol. The van der Waals surface area contributed by atoms with Crippen LogP contribution in [0.4, 0.5) is 0 Å². The first-order chi connectivity index (χ1) is 8.81. The predicted octanol–water partition coefficient (Wildman–Crippen LogP) is 3.51. The van der Waals surface area contributed by atoms with Crippen LogP contribution >= 0.6 is 0 Å². The molecule has 1 heterocycles. The number of unbranched alkanes of at least 4 members (excludes halogenated alkanes) is 1. The molecule has 1 aliphatic carbocycles. The van der Waals surface area contributed by atoms with Crippen LogP contribution in [-0.4, -0.2) is 15.8 Å². The van der Waals surface area contributed by atoms with Crippen LogP contribution in [0.25, 0.3) is 0 Å². The van der Waals surface area contributed by atoms with E-state index in [-0.39, 0.29) is 0 Å². The van der Waals surface area contributed by atoms with Crippen molar-refractivity contribution in [2.45, 2.75) is 57.8 Å². The summed E-state index contributed by atoms with van der Waals surface area (Å²) in [5.74, 6) is 2.19. The summed E-state index contributed by atoms with van der Waals surface area (Å²) in [4.78, 5) is 20.6. The molecule has 98 valence electrons. The van der Waals surface area contributed by atoms with E-state index in [9.17, 15) is 4.79 Å². The minimum Gasteiger partial charge on any atom is -0.299 e. The van der Waals surface area contributed by atoms with Crippen molar-refractivity contribution >= 4 is 5.78 Å². The molecule has 0 bridgehead atoms. The quantitative estimate of drug-likeness (QED) is 0.798. The Labute approximate surface area is 109 Å². The molecule has 1 fully saturated rings. The molecule has 0 atom stereocenters. The lowest BCUT2D eigenvalue weighted by Gasteiger charge is -2.26. The highest BCUT2D eigenvalue weighted by atomic mass is 16.1. The van der Waals surface area contributed by atoms with E-state index in [2.05, 4.69) is 16.9 Å². The van der Waals surface area contributed by atoms with Gasteiger partial charge in [0.1, 0.15) is 11.6 Å². The Hall–Kier alpha value is -1.25. The zero-order valence-corrected chi connectivity index (χ0v) is 11.1. The monoisotopic (exact) mass is 246 g/mol. The molecule has 1 saturated carbocycles. The maximum atomic E-state index is 12.0. The number of carbonyl (C=O) groups is 1. The van der Waals surface area contributed by atoms with Gasteiger partial charge in [0.05, 0.1) is 0 Å². The molecule has 0 aliphatic heterocycles. The van der Waals surface area contributed by atoms with Gasteiger partial charge in [0.25, 0.3) is 0 Å². The van der Waals surface area contributed by atoms with Gasteiger partial charge >= 0.3 is 0 Å². The molecular weight excluding hydrogens is 224 g/mol. The largest absolute Gasteiger partial charge is 0.299 e. The van der Waals surface area contributed by atoms with Crippen LogP contribution in [0.5, 0.6) is 0 Å². The van der Waals surface area contributed by atoms with Gasteiger partial charge < -0.3 is 0 Å². The number of aromatic nitrogens is 2. The van der Waals surface area contributed by atoms with Crippen molar-refractivity contribution in [3.8, 4) is 0 Å². The third kappa shape index (κ3) is 3.37. The molecule has 0 radical (unpaired) electrons. The van der Waals surface area contributed by atoms with Crippen LogP contribution in [0, 0.1) is 5.92 Å². The first kappa shape index (κ1) is 13.2. The molecule has 3 heteroatoms. The average molecular weight is 246 g/mol. The van der Waals surface area contributed by atoms with Gasteiger partial charge in [0.2, 0.25) is 0 Å². The summed E-state index contributed by atoms with van der Waals surface area (Å²) in [7, 11) is 0. The fourth-order valence-electron chi connectivity index (χ4n) is 2.75. The second kappa shape index (κ2) is 6.62. The Morgan fingerprint density at radius 2 is 1.89 bits per heavy atom. The molecular formula is C15H22N2O. The molecule has 0 unspecified atom stereocenters. The van der Waals surface area contributed by atoms with E-state index in [1.165, 1.54) is 0 Å². The van der Waals surface area contributed by atoms with Gasteiger partial charge in [-0.1, -0.05) is 13.3 Å². The highest BCUT2D eigenvalue weighted by molar-refractivity contribution is 5.81. The van der Waals surface area contributed by atoms with Crippen molar-refractivity contribution < 1.29 is 4.79 Å². The molecule has 0 amide bonds. The lowest BCUT2D eigenvalue weighted by atomic mass is 9.79. The maximum absolute atomic E-state index is 12.0. The van der Waals surface area contributed by atoms with E-state index in [0.717, 1.165) is 50.8 Å². The number of nitrogens with zero attached hydrogens (tertiary/aromatic N) is 2. The van der Waals surface area contributed by atoms with Crippen LogP contribution < -0.4 is 0 Å². The van der Waals surface area contributed by atoms with Crippen molar-refractivity contribution in [3.05, 3.63) is 24.3 Å². The molecule has 0 N–H and O–H groups in total. The fourth-order valence-corrected chi connectivity index (χ4v) is 2.75. The van der Waals surface area contributed by atoms with Crippen molar-refractivity contribution in [1.82, 2.24) is 9.97 Å². The Balaban J connectivity index is 1.83. The Morgan fingerprint density at radius 3 is 2.50 bits per heavy atom. The SMILES string of the molecule is CCCCC(=O)C1CCC(c2ncccn2)CC1. The summed E-state index contributed by atoms with van der Waals surface area (Å²) in [6.07, 6.45) is 10.7. The van der Waals surface area contributed by atoms with E-state index in [1.807, 2.05) is 6.07 Å². The second-order valence-electron chi connectivity index (χ2n) is 5.23. The smallest absolute Gasteiger partial charge is 0.135 e. The summed E-state index contributed by atoms with van der Waals surface area (Å²) < 4.78 is 0. The summed E-state index contributed by atoms with van der Waals surface area (Å²) in [6.45, 7) is 2.14. The number of rotatable bonds is 5. The fraction of sp³-hybridized carbons (Fsp3) is 0.667. The van der Waals surface area contributed by atoms with Crippen LogP contribution in [0.3, 0.4) is 0 Å². The van der Waals surface area contributed by atoms with Crippen LogP contribution in [0.1, 0.15) is 63.6 Å². The number of ketones is 1. The van der Waals surface area contributed by atoms with Crippen LogP contribution in [0.2, 0.25) is 0 Å². The molecule has 1 aromatic rings. The molecule has 0 spiro atoms. The van der Waals surface area contributed by atoms with Crippen molar-refractivity contribution in [3.63, 3.8) is 0 Å². The summed E-state index contributed by atoms with van der Waals surface area (Å²) in [5, 5.41) is 0. The first-order valence-electron chi connectivity index (χ1n) is 7.11. The number of hydrogen-bond acceptors (Lipinski definition) is 3. The average Bonchev–Trinajstić information content (AvgIpc) is 2.46. The van der Waals surface area contributed by atoms with Gasteiger partial charge in [-0.2, -0.15) is 0 Å². The Morgan fingerprint density at radius 1 is 1.22 bits per heavy atom. The molecule has 0 saturated heterocycles. The lowest BCUT2D eigenvalue weighted by Crippen LogP contribution is -2.21. The maximum Gasteiger partial charge on any atom is 0.135 e. The van der Waals surface area contributed by atoms with Gasteiger partial charge in [-0.3, -0.25) is 4.79 Å². The highest BCUT2D eigenvalue weighted by Gasteiger charge is 2.27. The third-order valence-electron chi connectivity index (χ3n) is 3.91. The summed E-state index contributed by atoms with van der Waals surface area (Å²) in [5.41, 5.74) is 0. The number of carbonyl (C=O) groups excluding carboxylic acids is 1. The van der Waals surface area contributed by atoms with Crippen molar-refractivity contribution in [1.29, 1.82) is 0 Å². The molecule has 3 nitrogen and oxygen atoms in total. The van der Waals surface area contributed by atoms with E-state index in [1.54, 1.807) is 12.4 Å². The standard InChI is InChI=1S/C15H22N2O/c1-2-3-5-14(18)12-6-8-13(9-7-12)15-16-10-4-11-17-15/h4,10-13H,2-3,5-9H2,1H3. The zero-order valence-electron chi connectivity index (χ0n) is 11.1. The summed E-state index contributed by atoms with van der Waals surface area (Å²) in [6, 6.07) is 1.85. The third-order valence-corrected chi connectivity index (χ3v) is 3.91. The number of hydrogen-bond donors (Lipinski definition) is 0. The van der Waals surface area contributed by atoms with Gasteiger partial charge in [0.15, 0.2) is 0 Å². The Bertz CT molecular complexity index is 369. The van der Waals surface area contributed by atoms with E-state index < -0.39 is 0 Å². The topological polar surface area (TPSA) is 42.9 Å². The van der Waals surface area contributed by atoms with Gasteiger partial charge in [-0.15, -0.1) is 0 Å². The Kier molecular flexibility index (Phi) is 4.85. The zero-order chi connectivity index (χ0) is 12.8. The highest BCUT2D eigenvalue weighted by Crippen LogP contribution is 2.35. The molecule has 1 aliphatic rings. The van der Waals surface area contributed by atoms with Gasteiger partial charge in [-0.05, 0) is 38.2 Å². The molecule has 1 aromatic heterocycles. The number of Topliss-reactive ketones (excluding diaryl/α,β-unsaturated/α-hetero) is 1. The minimum atomic E-state index is 0.302. The normalized spacial score (nSPS) is 23.8. The minimum absolute atomic E-state index is 0.302. The molecule has 0 aromatic carbocycles. The van der Waals surface area contributed by atoms with E-state index in [4.69, 9.17) is 0 Å². The second-order valence-corrected chi connectivity index (χ2v) is 5.23.